The minimum absolute atomic E-state index is 0.113. The molecule has 0 amide bonds. The van der Waals surface area contributed by atoms with E-state index in [1.807, 2.05) is 78.9 Å². The van der Waals surface area contributed by atoms with Crippen LogP contribution in [0.15, 0.2) is 103 Å². The first kappa shape index (κ1) is 16.7. The molecule has 0 N–H and O–H groups in total. The predicted octanol–water partition coefficient (Wildman–Crippen LogP) is 6.60. The van der Waals surface area contributed by atoms with E-state index in [0.717, 1.165) is 27.8 Å². The minimum atomic E-state index is -0.327. The van der Waals surface area contributed by atoms with Crippen LogP contribution in [0.2, 0.25) is 0 Å². The smallest absolute Gasteiger partial charge is 0.258 e. The molecule has 4 rings (SSSR count). The second-order valence-electron chi connectivity index (χ2n) is 6.31. The number of hydrogen-bond acceptors (Lipinski definition) is 2. The molecule has 0 aliphatic heterocycles. The van der Waals surface area contributed by atoms with Crippen molar-refractivity contribution in [2.75, 3.05) is 0 Å². The number of rotatable bonds is 4. The van der Waals surface area contributed by atoms with Crippen LogP contribution in [0, 0.1) is 10.1 Å². The van der Waals surface area contributed by atoms with E-state index in [1.54, 1.807) is 18.2 Å². The minimum Gasteiger partial charge on any atom is -0.258 e. The summed E-state index contributed by atoms with van der Waals surface area (Å²) >= 11 is 0. The first-order chi connectivity index (χ1) is 13.2. The third-order valence-corrected chi connectivity index (χ3v) is 4.56. The Balaban J connectivity index is 1.96. The Labute approximate surface area is 157 Å². The van der Waals surface area contributed by atoms with Crippen molar-refractivity contribution in [1.29, 1.82) is 0 Å². The van der Waals surface area contributed by atoms with Crippen LogP contribution < -0.4 is 0 Å². The molecule has 0 atom stereocenters. The molecule has 3 heteroatoms. The molecule has 130 valence electrons. The van der Waals surface area contributed by atoms with Crippen LogP contribution in [-0.2, 0) is 0 Å². The van der Waals surface area contributed by atoms with Gasteiger partial charge in [-0.2, -0.15) is 0 Å². The van der Waals surface area contributed by atoms with E-state index in [-0.39, 0.29) is 10.6 Å². The van der Waals surface area contributed by atoms with Gasteiger partial charge in [-0.05, 0) is 52.1 Å². The molecule has 0 aromatic heterocycles. The third-order valence-electron chi connectivity index (χ3n) is 4.56. The van der Waals surface area contributed by atoms with Gasteiger partial charge < -0.3 is 0 Å². The monoisotopic (exact) mass is 351 g/mol. The zero-order chi connectivity index (χ0) is 18.6. The van der Waals surface area contributed by atoms with Gasteiger partial charge in [-0.3, -0.25) is 10.1 Å². The highest BCUT2D eigenvalue weighted by Crippen LogP contribution is 2.36. The van der Waals surface area contributed by atoms with Crippen LogP contribution in [0.3, 0.4) is 0 Å². The van der Waals surface area contributed by atoms with Gasteiger partial charge >= 0.3 is 0 Å². The highest BCUT2D eigenvalue weighted by Gasteiger charge is 2.16. The Hall–Kier alpha value is -3.72. The largest absolute Gasteiger partial charge is 0.277 e. The Morgan fingerprint density at radius 2 is 0.963 bits per heavy atom. The van der Waals surface area contributed by atoms with E-state index in [2.05, 4.69) is 6.07 Å². The summed E-state index contributed by atoms with van der Waals surface area (Å²) in [6, 6.07) is 33.2. The number of hydrogen-bond donors (Lipinski definition) is 0. The van der Waals surface area contributed by atoms with Gasteiger partial charge in [0.2, 0.25) is 0 Å². The molecule has 0 unspecified atom stereocenters. The van der Waals surface area contributed by atoms with Crippen LogP contribution in [0.5, 0.6) is 0 Å². The van der Waals surface area contributed by atoms with Crippen LogP contribution in [-0.4, -0.2) is 4.92 Å². The van der Waals surface area contributed by atoms with E-state index in [4.69, 9.17) is 0 Å². The SMILES string of the molecule is O=[N+]([O-])c1ccccc1-c1cc(-c2ccccc2)cc(-c2ccccc2)c1. The van der Waals surface area contributed by atoms with Crippen molar-refractivity contribution >= 4 is 5.69 Å². The average Bonchev–Trinajstić information content (AvgIpc) is 2.74. The summed E-state index contributed by atoms with van der Waals surface area (Å²) in [5.74, 6) is 0. The molecular weight excluding hydrogens is 334 g/mol. The highest BCUT2D eigenvalue weighted by atomic mass is 16.6. The summed E-state index contributed by atoms with van der Waals surface area (Å²) in [5, 5.41) is 11.5. The lowest BCUT2D eigenvalue weighted by Gasteiger charge is -2.11. The number of benzene rings is 4. The molecule has 0 bridgehead atoms. The van der Waals surface area contributed by atoms with Gasteiger partial charge in [-0.15, -0.1) is 0 Å². The summed E-state index contributed by atoms with van der Waals surface area (Å²) in [6.07, 6.45) is 0. The summed E-state index contributed by atoms with van der Waals surface area (Å²) in [5.41, 5.74) is 5.79. The number of nitrogens with zero attached hydrogens (tertiary/aromatic N) is 1. The van der Waals surface area contributed by atoms with Crippen molar-refractivity contribution in [3.63, 3.8) is 0 Å². The molecule has 0 fully saturated rings. The van der Waals surface area contributed by atoms with Gasteiger partial charge in [0.15, 0.2) is 0 Å². The fraction of sp³-hybridized carbons (Fsp3) is 0. The molecule has 0 saturated carbocycles. The molecule has 0 radical (unpaired) electrons. The first-order valence-corrected chi connectivity index (χ1v) is 8.72. The molecule has 0 saturated heterocycles. The predicted molar refractivity (Wildman–Crippen MR) is 109 cm³/mol. The summed E-state index contributed by atoms with van der Waals surface area (Å²) in [6.45, 7) is 0. The van der Waals surface area contributed by atoms with E-state index in [1.165, 1.54) is 0 Å². The summed E-state index contributed by atoms with van der Waals surface area (Å²) < 4.78 is 0. The van der Waals surface area contributed by atoms with Crippen molar-refractivity contribution in [3.05, 3.63) is 113 Å². The summed E-state index contributed by atoms with van der Waals surface area (Å²) in [7, 11) is 0. The van der Waals surface area contributed by atoms with Gasteiger partial charge in [-0.25, -0.2) is 0 Å². The molecule has 0 heterocycles. The second kappa shape index (κ2) is 7.26. The first-order valence-electron chi connectivity index (χ1n) is 8.72. The van der Waals surface area contributed by atoms with Crippen LogP contribution in [0.4, 0.5) is 5.69 Å². The van der Waals surface area contributed by atoms with E-state index in [9.17, 15) is 10.1 Å². The fourth-order valence-electron chi connectivity index (χ4n) is 3.25. The quantitative estimate of drug-likeness (QED) is 0.307. The maximum atomic E-state index is 11.5. The van der Waals surface area contributed by atoms with Gasteiger partial charge in [0.05, 0.1) is 10.5 Å². The average molecular weight is 351 g/mol. The lowest BCUT2D eigenvalue weighted by atomic mass is 9.93. The lowest BCUT2D eigenvalue weighted by Crippen LogP contribution is -1.92. The third kappa shape index (κ3) is 3.48. The molecule has 3 nitrogen and oxygen atoms in total. The topological polar surface area (TPSA) is 43.1 Å². The van der Waals surface area contributed by atoms with Crippen molar-refractivity contribution in [2.24, 2.45) is 0 Å². The molecule has 0 aliphatic carbocycles. The standard InChI is InChI=1S/C24H17NO2/c26-25(27)24-14-8-7-13-23(24)22-16-20(18-9-3-1-4-10-18)15-21(17-22)19-11-5-2-6-12-19/h1-17H. The molecule has 4 aromatic carbocycles. The molecule has 4 aromatic rings. The highest BCUT2D eigenvalue weighted by molar-refractivity contribution is 5.84. The Kier molecular flexibility index (Phi) is 4.50. The van der Waals surface area contributed by atoms with Crippen LogP contribution >= 0.6 is 0 Å². The number of para-hydroxylation sites is 1. The molecule has 0 spiro atoms. The van der Waals surface area contributed by atoms with Gasteiger partial charge in [-0.1, -0.05) is 72.8 Å². The van der Waals surface area contributed by atoms with Gasteiger partial charge in [0.1, 0.15) is 0 Å². The van der Waals surface area contributed by atoms with Crippen molar-refractivity contribution in [2.45, 2.75) is 0 Å². The Morgan fingerprint density at radius 1 is 0.519 bits per heavy atom. The zero-order valence-corrected chi connectivity index (χ0v) is 14.6. The van der Waals surface area contributed by atoms with E-state index >= 15 is 0 Å². The second-order valence-corrected chi connectivity index (χ2v) is 6.31. The van der Waals surface area contributed by atoms with Gasteiger partial charge in [0.25, 0.3) is 5.69 Å². The lowest BCUT2D eigenvalue weighted by molar-refractivity contribution is -0.384. The Morgan fingerprint density at radius 3 is 1.48 bits per heavy atom. The van der Waals surface area contributed by atoms with E-state index < -0.39 is 0 Å². The van der Waals surface area contributed by atoms with Crippen LogP contribution in [0.1, 0.15) is 0 Å². The van der Waals surface area contributed by atoms with Crippen LogP contribution in [0.25, 0.3) is 33.4 Å². The number of nitro groups is 1. The molecule has 27 heavy (non-hydrogen) atoms. The van der Waals surface area contributed by atoms with Crippen molar-refractivity contribution < 1.29 is 4.92 Å². The molecular formula is C24H17NO2. The fourth-order valence-corrected chi connectivity index (χ4v) is 3.25. The Bertz CT molecular complexity index is 1030. The zero-order valence-electron chi connectivity index (χ0n) is 14.6. The molecule has 0 aliphatic rings. The van der Waals surface area contributed by atoms with Crippen molar-refractivity contribution in [3.8, 4) is 33.4 Å². The normalized spacial score (nSPS) is 10.5. The van der Waals surface area contributed by atoms with E-state index in [0.29, 0.717) is 5.56 Å². The number of nitro benzene ring substituents is 1. The maximum absolute atomic E-state index is 11.5. The summed E-state index contributed by atoms with van der Waals surface area (Å²) in [4.78, 5) is 11.2. The maximum Gasteiger partial charge on any atom is 0.277 e. The van der Waals surface area contributed by atoms with Gasteiger partial charge in [0, 0.05) is 6.07 Å². The van der Waals surface area contributed by atoms with Crippen molar-refractivity contribution in [1.82, 2.24) is 0 Å².